The van der Waals surface area contributed by atoms with Gasteiger partial charge in [0.15, 0.2) is 13.6 Å². The Morgan fingerprint density at radius 3 is 2.47 bits per heavy atom. The zero-order chi connectivity index (χ0) is 12.5. The molecule has 4 nitrogen and oxygen atoms in total. The first-order valence-corrected chi connectivity index (χ1v) is 5.29. The minimum absolute atomic E-state index is 0.225. The summed E-state index contributed by atoms with van der Waals surface area (Å²) in [6, 6.07) is 5.59. The highest BCUT2D eigenvalue weighted by atomic mass is 16.7. The number of hydrogen-bond donors (Lipinski definition) is 0. The van der Waals surface area contributed by atoms with Crippen LogP contribution in [-0.2, 0) is 15.9 Å². The molecule has 0 amide bonds. The molecule has 0 atom stereocenters. The summed E-state index contributed by atoms with van der Waals surface area (Å²) in [5.74, 6) is 1.52. The van der Waals surface area contributed by atoms with E-state index < -0.39 is 0 Å². The van der Waals surface area contributed by atoms with Crippen molar-refractivity contribution in [3.63, 3.8) is 0 Å². The van der Waals surface area contributed by atoms with Gasteiger partial charge in [-0.15, -0.1) is 6.58 Å². The largest absolute Gasteiger partial charge is 0.468 e. The fraction of sp³-hybridized carbons (Fsp3) is 0.385. The molecule has 17 heavy (non-hydrogen) atoms. The third-order valence-electron chi connectivity index (χ3n) is 2.07. The number of hydrogen-bond acceptors (Lipinski definition) is 4. The van der Waals surface area contributed by atoms with E-state index in [1.165, 1.54) is 0 Å². The summed E-state index contributed by atoms with van der Waals surface area (Å²) in [6.45, 7) is 4.17. The first-order chi connectivity index (χ1) is 8.31. The van der Waals surface area contributed by atoms with Crippen molar-refractivity contribution in [1.82, 2.24) is 0 Å². The van der Waals surface area contributed by atoms with E-state index in [4.69, 9.17) is 18.9 Å². The van der Waals surface area contributed by atoms with E-state index in [0.717, 1.165) is 17.1 Å². The lowest BCUT2D eigenvalue weighted by Gasteiger charge is -2.12. The Labute approximate surface area is 102 Å². The summed E-state index contributed by atoms with van der Waals surface area (Å²) in [7, 11) is 3.17. The van der Waals surface area contributed by atoms with Crippen molar-refractivity contribution in [2.75, 3.05) is 27.8 Å². The topological polar surface area (TPSA) is 36.9 Å². The van der Waals surface area contributed by atoms with Crippen molar-refractivity contribution < 1.29 is 18.9 Å². The summed E-state index contributed by atoms with van der Waals surface area (Å²) < 4.78 is 20.5. The molecule has 0 heterocycles. The first-order valence-electron chi connectivity index (χ1n) is 5.29. The zero-order valence-corrected chi connectivity index (χ0v) is 10.3. The molecule has 1 rings (SSSR count). The molecule has 0 saturated carbocycles. The van der Waals surface area contributed by atoms with Gasteiger partial charge in [0.25, 0.3) is 0 Å². The lowest BCUT2D eigenvalue weighted by atomic mass is 10.1. The van der Waals surface area contributed by atoms with Crippen LogP contribution in [0, 0.1) is 0 Å². The van der Waals surface area contributed by atoms with E-state index in [1.54, 1.807) is 14.2 Å². The van der Waals surface area contributed by atoms with Crippen LogP contribution in [0.1, 0.15) is 5.56 Å². The minimum atomic E-state index is 0.225. The first kappa shape index (κ1) is 13.5. The number of ether oxygens (including phenoxy) is 4. The van der Waals surface area contributed by atoms with Crippen LogP contribution in [-0.4, -0.2) is 27.8 Å². The molecule has 94 valence electrons. The fourth-order valence-electron chi connectivity index (χ4n) is 1.35. The smallest absolute Gasteiger partial charge is 0.188 e. The second-order valence-electron chi connectivity index (χ2n) is 3.36. The van der Waals surface area contributed by atoms with E-state index >= 15 is 0 Å². The Hall–Kier alpha value is -1.52. The molecule has 0 aliphatic carbocycles. The lowest BCUT2D eigenvalue weighted by Crippen LogP contribution is -2.03. The second-order valence-corrected chi connectivity index (χ2v) is 3.36. The Balaban J connectivity index is 2.79. The van der Waals surface area contributed by atoms with E-state index in [9.17, 15) is 0 Å². The van der Waals surface area contributed by atoms with E-state index in [1.807, 2.05) is 24.3 Å². The van der Waals surface area contributed by atoms with Crippen molar-refractivity contribution in [1.29, 1.82) is 0 Å². The maximum atomic E-state index is 5.44. The summed E-state index contributed by atoms with van der Waals surface area (Å²) in [4.78, 5) is 0. The normalized spacial score (nSPS) is 10.0. The van der Waals surface area contributed by atoms with E-state index in [2.05, 4.69) is 6.58 Å². The molecule has 0 aromatic heterocycles. The molecule has 0 fully saturated rings. The lowest BCUT2D eigenvalue weighted by molar-refractivity contribution is 0.0478. The molecular formula is C13H18O4. The maximum absolute atomic E-state index is 5.44. The van der Waals surface area contributed by atoms with Gasteiger partial charge in [0, 0.05) is 19.8 Å². The highest BCUT2D eigenvalue weighted by Crippen LogP contribution is 2.25. The van der Waals surface area contributed by atoms with E-state index in [0.29, 0.717) is 6.42 Å². The van der Waals surface area contributed by atoms with Crippen LogP contribution in [0.4, 0.5) is 0 Å². The van der Waals surface area contributed by atoms with Crippen LogP contribution >= 0.6 is 0 Å². The highest BCUT2D eigenvalue weighted by molar-refractivity contribution is 5.41. The van der Waals surface area contributed by atoms with Gasteiger partial charge < -0.3 is 18.9 Å². The second kappa shape index (κ2) is 7.70. The molecule has 0 saturated heterocycles. The third-order valence-corrected chi connectivity index (χ3v) is 2.07. The van der Waals surface area contributed by atoms with Gasteiger partial charge in [-0.1, -0.05) is 6.08 Å². The Morgan fingerprint density at radius 1 is 1.12 bits per heavy atom. The van der Waals surface area contributed by atoms with Gasteiger partial charge >= 0.3 is 0 Å². The van der Waals surface area contributed by atoms with Crippen LogP contribution in [0.5, 0.6) is 11.5 Å². The molecule has 0 aliphatic rings. The van der Waals surface area contributed by atoms with Gasteiger partial charge in [-0.05, 0) is 24.6 Å². The number of rotatable bonds is 8. The maximum Gasteiger partial charge on any atom is 0.188 e. The summed E-state index contributed by atoms with van der Waals surface area (Å²) in [6.07, 6.45) is 2.53. The Kier molecular flexibility index (Phi) is 6.14. The van der Waals surface area contributed by atoms with Crippen LogP contribution in [0.2, 0.25) is 0 Å². The van der Waals surface area contributed by atoms with Gasteiger partial charge in [-0.3, -0.25) is 0 Å². The molecule has 1 aromatic carbocycles. The summed E-state index contributed by atoms with van der Waals surface area (Å²) in [5, 5.41) is 0. The highest BCUT2D eigenvalue weighted by Gasteiger charge is 2.05. The summed E-state index contributed by atoms with van der Waals surface area (Å²) >= 11 is 0. The van der Waals surface area contributed by atoms with Crippen molar-refractivity contribution in [2.45, 2.75) is 6.42 Å². The Bertz CT molecular complexity index is 349. The quantitative estimate of drug-likeness (QED) is 0.514. The van der Waals surface area contributed by atoms with Crippen LogP contribution in [0.25, 0.3) is 0 Å². The molecule has 4 heteroatoms. The SMILES string of the molecule is C=CCc1cc(OCOC)ccc1OCOC. The van der Waals surface area contributed by atoms with Crippen LogP contribution < -0.4 is 9.47 Å². The van der Waals surface area contributed by atoms with Crippen LogP contribution in [0.15, 0.2) is 30.9 Å². The monoisotopic (exact) mass is 238 g/mol. The molecule has 0 aliphatic heterocycles. The van der Waals surface area contributed by atoms with Crippen molar-refractivity contribution in [3.05, 3.63) is 36.4 Å². The van der Waals surface area contributed by atoms with Gasteiger partial charge in [0.2, 0.25) is 0 Å². The molecule has 1 aromatic rings. The Morgan fingerprint density at radius 2 is 1.82 bits per heavy atom. The van der Waals surface area contributed by atoms with E-state index in [-0.39, 0.29) is 13.6 Å². The van der Waals surface area contributed by atoms with Crippen LogP contribution in [0.3, 0.4) is 0 Å². The number of allylic oxidation sites excluding steroid dienone is 1. The van der Waals surface area contributed by atoms with Gasteiger partial charge in [0.1, 0.15) is 11.5 Å². The predicted octanol–water partition coefficient (Wildman–Crippen LogP) is 2.38. The van der Waals surface area contributed by atoms with Crippen molar-refractivity contribution >= 4 is 0 Å². The minimum Gasteiger partial charge on any atom is -0.468 e. The molecule has 0 N–H and O–H groups in total. The summed E-state index contributed by atoms with van der Waals surface area (Å²) in [5.41, 5.74) is 1.01. The van der Waals surface area contributed by atoms with Crippen molar-refractivity contribution in [3.8, 4) is 11.5 Å². The standard InChI is InChI=1S/C13H18O4/c1-4-5-11-8-12(16-9-14-2)6-7-13(11)17-10-15-3/h4,6-8H,1,5,9-10H2,2-3H3. The molecule has 0 bridgehead atoms. The average Bonchev–Trinajstić information content (AvgIpc) is 2.35. The van der Waals surface area contributed by atoms with Gasteiger partial charge in [-0.2, -0.15) is 0 Å². The molecule has 0 spiro atoms. The van der Waals surface area contributed by atoms with Crippen molar-refractivity contribution in [2.24, 2.45) is 0 Å². The van der Waals surface area contributed by atoms with Gasteiger partial charge in [-0.25, -0.2) is 0 Å². The average molecular weight is 238 g/mol. The fourth-order valence-corrected chi connectivity index (χ4v) is 1.35. The molecule has 0 radical (unpaired) electrons. The number of methoxy groups -OCH3 is 2. The third kappa shape index (κ3) is 4.46. The molecular weight excluding hydrogens is 220 g/mol. The molecule has 0 unspecified atom stereocenters. The zero-order valence-electron chi connectivity index (χ0n) is 10.3. The predicted molar refractivity (Wildman–Crippen MR) is 65.4 cm³/mol. The number of benzene rings is 1. The van der Waals surface area contributed by atoms with Gasteiger partial charge in [0.05, 0.1) is 0 Å².